The van der Waals surface area contributed by atoms with Crippen molar-refractivity contribution in [2.45, 2.75) is 0 Å². The molecule has 1 aliphatic heterocycles. The van der Waals surface area contributed by atoms with Crippen LogP contribution in [0.15, 0.2) is 54.6 Å². The summed E-state index contributed by atoms with van der Waals surface area (Å²) in [6, 6.07) is 16.9. The highest BCUT2D eigenvalue weighted by atomic mass is 16.6. The van der Waals surface area contributed by atoms with Crippen LogP contribution in [-0.4, -0.2) is 34.5 Å². The fourth-order valence-electron chi connectivity index (χ4n) is 3.13. The number of benzene rings is 3. The van der Waals surface area contributed by atoms with Crippen molar-refractivity contribution in [1.29, 1.82) is 0 Å². The second-order valence-corrected chi connectivity index (χ2v) is 6.87. The predicted molar refractivity (Wildman–Crippen MR) is 122 cm³/mol. The van der Waals surface area contributed by atoms with Crippen molar-refractivity contribution in [1.82, 2.24) is 0 Å². The van der Waals surface area contributed by atoms with E-state index >= 15 is 0 Å². The van der Waals surface area contributed by atoms with Gasteiger partial charge in [-0.05, 0) is 36.4 Å². The molecule has 3 aromatic carbocycles. The van der Waals surface area contributed by atoms with Crippen LogP contribution in [0.3, 0.4) is 0 Å². The Labute approximate surface area is 187 Å². The highest BCUT2D eigenvalue weighted by molar-refractivity contribution is 5.61. The number of methoxy groups -OCH3 is 3. The van der Waals surface area contributed by atoms with Crippen LogP contribution in [0, 0.1) is 23.7 Å². The molecule has 0 saturated carbocycles. The van der Waals surface area contributed by atoms with Gasteiger partial charge in [-0.25, -0.2) is 0 Å². The summed E-state index contributed by atoms with van der Waals surface area (Å²) in [5.74, 6) is 16.3. The smallest absolute Gasteiger partial charge is 0.162 e. The molecule has 32 heavy (non-hydrogen) atoms. The Balaban J connectivity index is 1.74. The van der Waals surface area contributed by atoms with Crippen LogP contribution >= 0.6 is 0 Å². The van der Waals surface area contributed by atoms with Gasteiger partial charge in [0.25, 0.3) is 0 Å². The molecule has 5 heteroatoms. The highest BCUT2D eigenvalue weighted by Gasteiger charge is 2.14. The van der Waals surface area contributed by atoms with Gasteiger partial charge in [0.05, 0.1) is 21.3 Å². The van der Waals surface area contributed by atoms with Crippen LogP contribution < -0.4 is 23.7 Å². The van der Waals surface area contributed by atoms with E-state index in [0.29, 0.717) is 36.2 Å². The molecule has 0 aliphatic carbocycles. The van der Waals surface area contributed by atoms with Gasteiger partial charge in [-0.2, -0.15) is 0 Å². The lowest BCUT2D eigenvalue weighted by Gasteiger charge is -2.19. The zero-order chi connectivity index (χ0) is 22.3. The highest BCUT2D eigenvalue weighted by Crippen LogP contribution is 2.33. The van der Waals surface area contributed by atoms with Crippen molar-refractivity contribution in [3.05, 3.63) is 76.9 Å². The van der Waals surface area contributed by atoms with E-state index in [1.807, 2.05) is 48.5 Å². The quantitative estimate of drug-likeness (QED) is 0.585. The molecule has 0 radical (unpaired) electrons. The summed E-state index contributed by atoms with van der Waals surface area (Å²) in [5, 5.41) is 0. The molecule has 0 N–H and O–H groups in total. The molecule has 0 fully saturated rings. The number of hydrogen-bond acceptors (Lipinski definition) is 5. The van der Waals surface area contributed by atoms with Gasteiger partial charge in [-0.1, -0.05) is 23.7 Å². The number of fused-ring (bicyclic) bond motifs is 1. The van der Waals surface area contributed by atoms with E-state index in [1.54, 1.807) is 27.4 Å². The van der Waals surface area contributed by atoms with Gasteiger partial charge >= 0.3 is 0 Å². The third kappa shape index (κ3) is 4.91. The molecule has 0 unspecified atom stereocenters. The first kappa shape index (κ1) is 21.0. The third-order valence-electron chi connectivity index (χ3n) is 4.81. The Morgan fingerprint density at radius 1 is 0.562 bits per heavy atom. The summed E-state index contributed by atoms with van der Waals surface area (Å²) >= 11 is 0. The molecule has 0 aromatic heterocycles. The molecule has 1 aliphatic rings. The first-order valence-corrected chi connectivity index (χ1v) is 10.0. The monoisotopic (exact) mass is 426 g/mol. The third-order valence-corrected chi connectivity index (χ3v) is 4.81. The Bertz CT molecular complexity index is 1220. The standard InChI is InChI=1S/C27H22O5/c1-28-23-10-6-19(7-11-23)4-8-21-16-26-27(32-13-12-31-26)17-22(21)9-5-20-14-24(29-2)18-25(15-20)30-3/h6-7,10-11,14-18H,12-13H2,1-3H3. The second kappa shape index (κ2) is 9.73. The summed E-state index contributed by atoms with van der Waals surface area (Å²) < 4.78 is 27.3. The van der Waals surface area contributed by atoms with E-state index in [-0.39, 0.29) is 0 Å². The van der Waals surface area contributed by atoms with E-state index < -0.39 is 0 Å². The second-order valence-electron chi connectivity index (χ2n) is 6.87. The summed E-state index contributed by atoms with van der Waals surface area (Å²) in [6.45, 7) is 1.01. The van der Waals surface area contributed by atoms with Crippen molar-refractivity contribution >= 4 is 0 Å². The lowest BCUT2D eigenvalue weighted by Crippen LogP contribution is -2.15. The van der Waals surface area contributed by atoms with Gasteiger partial charge in [-0.3, -0.25) is 0 Å². The minimum atomic E-state index is 0.504. The van der Waals surface area contributed by atoms with E-state index in [2.05, 4.69) is 23.7 Å². The Morgan fingerprint density at radius 2 is 1.06 bits per heavy atom. The maximum Gasteiger partial charge on any atom is 0.162 e. The molecule has 0 bridgehead atoms. The topological polar surface area (TPSA) is 46.2 Å². The van der Waals surface area contributed by atoms with E-state index in [0.717, 1.165) is 28.0 Å². The molecule has 160 valence electrons. The Hall–Kier alpha value is -4.22. The number of hydrogen-bond donors (Lipinski definition) is 0. The zero-order valence-corrected chi connectivity index (χ0v) is 18.2. The van der Waals surface area contributed by atoms with Crippen LogP contribution in [0.2, 0.25) is 0 Å². The van der Waals surface area contributed by atoms with Crippen molar-refractivity contribution in [3.8, 4) is 52.4 Å². The van der Waals surface area contributed by atoms with Crippen molar-refractivity contribution in [2.75, 3.05) is 34.5 Å². The average molecular weight is 426 g/mol. The molecule has 0 spiro atoms. The summed E-state index contributed by atoms with van der Waals surface area (Å²) in [5.41, 5.74) is 3.15. The number of ether oxygens (including phenoxy) is 5. The lowest BCUT2D eigenvalue weighted by molar-refractivity contribution is 0.171. The summed E-state index contributed by atoms with van der Waals surface area (Å²) in [4.78, 5) is 0. The predicted octanol–water partition coefficient (Wildman–Crippen LogP) is 4.28. The van der Waals surface area contributed by atoms with Crippen LogP contribution in [0.5, 0.6) is 28.7 Å². The van der Waals surface area contributed by atoms with Gasteiger partial charge in [0.2, 0.25) is 0 Å². The molecule has 4 rings (SSSR count). The van der Waals surface area contributed by atoms with Gasteiger partial charge in [0.15, 0.2) is 11.5 Å². The van der Waals surface area contributed by atoms with E-state index in [1.165, 1.54) is 0 Å². The van der Waals surface area contributed by atoms with Crippen LogP contribution in [0.25, 0.3) is 0 Å². The molecule has 1 heterocycles. The molecule has 3 aromatic rings. The maximum absolute atomic E-state index is 5.74. The fourth-order valence-corrected chi connectivity index (χ4v) is 3.13. The van der Waals surface area contributed by atoms with Crippen LogP contribution in [0.1, 0.15) is 22.3 Å². The fraction of sp³-hybridized carbons (Fsp3) is 0.185. The lowest BCUT2D eigenvalue weighted by atomic mass is 10.0. The summed E-state index contributed by atoms with van der Waals surface area (Å²) in [7, 11) is 4.86. The minimum absolute atomic E-state index is 0.504. The van der Waals surface area contributed by atoms with Crippen molar-refractivity contribution in [3.63, 3.8) is 0 Å². The Kier molecular flexibility index (Phi) is 6.39. The zero-order valence-electron chi connectivity index (χ0n) is 18.2. The molecule has 5 nitrogen and oxygen atoms in total. The maximum atomic E-state index is 5.74. The molecule has 0 amide bonds. The van der Waals surface area contributed by atoms with Gasteiger partial charge in [-0.15, -0.1) is 0 Å². The summed E-state index contributed by atoms with van der Waals surface area (Å²) in [6.07, 6.45) is 0. The van der Waals surface area contributed by atoms with Crippen LogP contribution in [-0.2, 0) is 0 Å². The van der Waals surface area contributed by atoms with Crippen LogP contribution in [0.4, 0.5) is 0 Å². The van der Waals surface area contributed by atoms with Gasteiger partial charge < -0.3 is 23.7 Å². The van der Waals surface area contributed by atoms with E-state index in [4.69, 9.17) is 23.7 Å². The van der Waals surface area contributed by atoms with Gasteiger partial charge in [0.1, 0.15) is 30.5 Å². The molecule has 0 atom stereocenters. The minimum Gasteiger partial charge on any atom is -0.497 e. The molecular formula is C27H22O5. The van der Waals surface area contributed by atoms with Crippen molar-refractivity contribution in [2.24, 2.45) is 0 Å². The van der Waals surface area contributed by atoms with Gasteiger partial charge in [0, 0.05) is 40.5 Å². The largest absolute Gasteiger partial charge is 0.497 e. The molecular weight excluding hydrogens is 404 g/mol. The Morgan fingerprint density at radius 3 is 1.56 bits per heavy atom. The number of rotatable bonds is 3. The first-order valence-electron chi connectivity index (χ1n) is 10.0. The van der Waals surface area contributed by atoms with Crippen molar-refractivity contribution < 1.29 is 23.7 Å². The molecule has 0 saturated heterocycles. The normalized spacial score (nSPS) is 11.3. The SMILES string of the molecule is COc1ccc(C#Cc2cc3c(cc2C#Cc2cc(OC)cc(OC)c2)OCCO3)cc1. The average Bonchev–Trinajstić information content (AvgIpc) is 2.85. The van der Waals surface area contributed by atoms with E-state index in [9.17, 15) is 0 Å². The first-order chi connectivity index (χ1) is 15.7.